The van der Waals surface area contributed by atoms with Gasteiger partial charge in [-0.2, -0.15) is 17.6 Å². The summed E-state index contributed by atoms with van der Waals surface area (Å²) < 4.78 is 90.3. The van der Waals surface area contributed by atoms with Crippen LogP contribution in [0.1, 0.15) is 26.7 Å². The van der Waals surface area contributed by atoms with Gasteiger partial charge in [-0.1, -0.05) is 13.0 Å². The van der Waals surface area contributed by atoms with Crippen molar-refractivity contribution in [1.29, 1.82) is 0 Å². The fourth-order valence-electron chi connectivity index (χ4n) is 3.07. The summed E-state index contributed by atoms with van der Waals surface area (Å²) in [4.78, 5) is 12.0. The van der Waals surface area contributed by atoms with Crippen molar-refractivity contribution in [3.05, 3.63) is 29.3 Å². The minimum absolute atomic E-state index is 0.271. The van der Waals surface area contributed by atoms with Gasteiger partial charge in [-0.3, -0.25) is 0 Å². The molecule has 0 unspecified atom stereocenters. The van der Waals surface area contributed by atoms with Gasteiger partial charge in [0, 0.05) is 17.4 Å². The highest BCUT2D eigenvalue weighted by Crippen LogP contribution is 2.54. The average Bonchev–Trinajstić information content (AvgIpc) is 2.84. The van der Waals surface area contributed by atoms with E-state index < -0.39 is 59.1 Å². The Labute approximate surface area is 142 Å². The first-order valence-electron chi connectivity index (χ1n) is 7.75. The van der Waals surface area contributed by atoms with Gasteiger partial charge in [0.25, 0.3) is 0 Å². The second-order valence-corrected chi connectivity index (χ2v) is 5.89. The summed E-state index contributed by atoms with van der Waals surface area (Å²) in [6, 6.07) is -0.0467. The molecule has 0 amide bonds. The minimum Gasteiger partial charge on any atom is -0.493 e. The molecule has 140 valence electrons. The van der Waals surface area contributed by atoms with Crippen molar-refractivity contribution in [2.24, 2.45) is 5.92 Å². The third kappa shape index (κ3) is 2.94. The maximum atomic E-state index is 14.1. The highest BCUT2D eigenvalue weighted by atomic mass is 19.4. The fourth-order valence-corrected chi connectivity index (χ4v) is 3.07. The number of carbonyl (C=O) groups is 1. The summed E-state index contributed by atoms with van der Waals surface area (Å²) >= 11 is 0. The SMILES string of the molecule is [2H]c1cc([C@H]2[C@@H](C(=O)OC)O[C@@](C)(C(F)(F)F)[C@H]2C)c(OC)c(F)c1F. The Morgan fingerprint density at radius 2 is 1.96 bits per heavy atom. The lowest BCUT2D eigenvalue weighted by Crippen LogP contribution is -2.47. The van der Waals surface area contributed by atoms with E-state index in [-0.39, 0.29) is 5.56 Å². The number of methoxy groups -OCH3 is 2. The second kappa shape index (κ2) is 6.44. The van der Waals surface area contributed by atoms with E-state index in [0.29, 0.717) is 0 Å². The molecule has 1 aliphatic rings. The van der Waals surface area contributed by atoms with E-state index in [9.17, 15) is 26.7 Å². The fraction of sp³-hybridized carbons (Fsp3) is 0.562. The van der Waals surface area contributed by atoms with Crippen molar-refractivity contribution in [2.75, 3.05) is 14.2 Å². The zero-order chi connectivity index (χ0) is 20.0. The van der Waals surface area contributed by atoms with Crippen LogP contribution in [0.25, 0.3) is 0 Å². The van der Waals surface area contributed by atoms with Crippen LogP contribution in [-0.4, -0.2) is 38.1 Å². The van der Waals surface area contributed by atoms with Crippen LogP contribution < -0.4 is 4.74 Å². The molecule has 4 nitrogen and oxygen atoms in total. The molecule has 9 heteroatoms. The molecule has 0 N–H and O–H groups in total. The lowest BCUT2D eigenvalue weighted by atomic mass is 9.77. The Hall–Kier alpha value is -1.90. The Morgan fingerprint density at radius 1 is 1.36 bits per heavy atom. The smallest absolute Gasteiger partial charge is 0.417 e. The summed E-state index contributed by atoms with van der Waals surface area (Å²) in [5.41, 5.74) is -3.01. The van der Waals surface area contributed by atoms with E-state index >= 15 is 0 Å². The van der Waals surface area contributed by atoms with E-state index in [1.807, 2.05) is 0 Å². The third-order valence-electron chi connectivity index (χ3n) is 4.67. The summed E-state index contributed by atoms with van der Waals surface area (Å²) in [7, 11) is 1.97. The number of benzene rings is 1. The molecule has 0 spiro atoms. The van der Waals surface area contributed by atoms with Crippen LogP contribution in [0.2, 0.25) is 0 Å². The maximum Gasteiger partial charge on any atom is 0.417 e. The van der Waals surface area contributed by atoms with Gasteiger partial charge >= 0.3 is 12.1 Å². The van der Waals surface area contributed by atoms with Gasteiger partial charge in [0.2, 0.25) is 5.82 Å². The van der Waals surface area contributed by atoms with Crippen LogP contribution in [0.3, 0.4) is 0 Å². The maximum absolute atomic E-state index is 14.1. The van der Waals surface area contributed by atoms with E-state index in [2.05, 4.69) is 4.74 Å². The number of ether oxygens (including phenoxy) is 3. The first-order valence-corrected chi connectivity index (χ1v) is 7.25. The quantitative estimate of drug-likeness (QED) is 0.604. The first kappa shape index (κ1) is 17.9. The zero-order valence-electron chi connectivity index (χ0n) is 14.8. The Morgan fingerprint density at radius 3 is 2.44 bits per heavy atom. The lowest BCUT2D eigenvalue weighted by Gasteiger charge is -2.31. The van der Waals surface area contributed by atoms with Crippen molar-refractivity contribution >= 4 is 5.97 Å². The normalized spacial score (nSPS) is 30.1. The molecule has 0 saturated carbocycles. The molecule has 0 aromatic heterocycles. The number of hydrogen-bond donors (Lipinski definition) is 0. The van der Waals surface area contributed by atoms with Crippen LogP contribution in [0.4, 0.5) is 22.0 Å². The van der Waals surface area contributed by atoms with Crippen LogP contribution >= 0.6 is 0 Å². The van der Waals surface area contributed by atoms with E-state index in [4.69, 9.17) is 10.8 Å². The minimum atomic E-state index is -4.84. The van der Waals surface area contributed by atoms with Gasteiger partial charge in [0.05, 0.1) is 15.6 Å². The number of carbonyl (C=O) groups excluding carboxylic acids is 1. The number of halogens is 5. The zero-order valence-corrected chi connectivity index (χ0v) is 13.8. The molecule has 0 aliphatic carbocycles. The van der Waals surface area contributed by atoms with Crippen LogP contribution in [0.5, 0.6) is 5.75 Å². The highest BCUT2D eigenvalue weighted by Gasteiger charge is 2.66. The van der Waals surface area contributed by atoms with Crippen molar-refractivity contribution in [3.63, 3.8) is 0 Å². The molecular weight excluding hydrogens is 351 g/mol. The van der Waals surface area contributed by atoms with Gasteiger partial charge in [-0.25, -0.2) is 9.18 Å². The number of hydrogen-bond acceptors (Lipinski definition) is 4. The molecular formula is C16H17F5O4. The monoisotopic (exact) mass is 369 g/mol. The van der Waals surface area contributed by atoms with Crippen molar-refractivity contribution in [3.8, 4) is 5.75 Å². The summed E-state index contributed by atoms with van der Waals surface area (Å²) in [6.07, 6.45) is -6.58. The van der Waals surface area contributed by atoms with Gasteiger partial charge in [-0.05, 0) is 13.0 Å². The van der Waals surface area contributed by atoms with E-state index in [1.165, 1.54) is 6.92 Å². The van der Waals surface area contributed by atoms with Gasteiger partial charge in [0.1, 0.15) is 0 Å². The number of rotatable bonds is 3. The van der Waals surface area contributed by atoms with Gasteiger partial charge < -0.3 is 14.2 Å². The van der Waals surface area contributed by atoms with E-state index in [0.717, 1.165) is 27.2 Å². The Bertz CT molecular complexity index is 724. The predicted octanol–water partition coefficient (Wildman–Crippen LogP) is 3.59. The molecule has 0 radical (unpaired) electrons. The van der Waals surface area contributed by atoms with Crippen LogP contribution in [-0.2, 0) is 14.3 Å². The van der Waals surface area contributed by atoms with Crippen molar-refractivity contribution < 1.29 is 42.3 Å². The second-order valence-electron chi connectivity index (χ2n) is 5.89. The topological polar surface area (TPSA) is 44.8 Å². The number of alkyl halides is 3. The van der Waals surface area contributed by atoms with Crippen molar-refractivity contribution in [2.45, 2.75) is 37.6 Å². The molecule has 4 atom stereocenters. The highest BCUT2D eigenvalue weighted by molar-refractivity contribution is 5.77. The molecule has 1 aliphatic heterocycles. The Balaban J connectivity index is 2.71. The largest absolute Gasteiger partial charge is 0.493 e. The molecule has 1 aromatic carbocycles. The molecule has 1 heterocycles. The molecule has 1 saturated heterocycles. The van der Waals surface area contributed by atoms with Gasteiger partial charge in [0.15, 0.2) is 23.3 Å². The number of esters is 1. The molecule has 0 bridgehead atoms. The Kier molecular flexibility index (Phi) is 4.61. The lowest BCUT2D eigenvalue weighted by molar-refractivity contribution is -0.274. The first-order chi connectivity index (χ1) is 11.9. The standard InChI is InChI=1S/C16H17F5O4/c1-7-10(8-5-6-9(17)11(18)12(8)23-3)13(14(22)24-4)25-15(7,2)16(19,20)21/h5-7,10,13H,1-4H3/t7-,10-,13-,15+/m0/s1/i6D. The summed E-state index contributed by atoms with van der Waals surface area (Å²) in [6.45, 7) is 1.94. The third-order valence-corrected chi connectivity index (χ3v) is 4.67. The average molecular weight is 369 g/mol. The van der Waals surface area contributed by atoms with Crippen LogP contribution in [0.15, 0.2) is 12.1 Å². The summed E-state index contributed by atoms with van der Waals surface area (Å²) in [5, 5.41) is 0. The summed E-state index contributed by atoms with van der Waals surface area (Å²) in [5.74, 6) is -7.57. The van der Waals surface area contributed by atoms with Crippen molar-refractivity contribution in [1.82, 2.24) is 0 Å². The molecule has 1 aromatic rings. The predicted molar refractivity (Wildman–Crippen MR) is 76.2 cm³/mol. The molecule has 1 fully saturated rings. The molecule has 25 heavy (non-hydrogen) atoms. The van der Waals surface area contributed by atoms with Gasteiger partial charge in [-0.15, -0.1) is 0 Å². The van der Waals surface area contributed by atoms with E-state index in [1.54, 1.807) is 0 Å². The molecule has 2 rings (SSSR count). The van der Waals surface area contributed by atoms with Crippen LogP contribution in [0, 0.1) is 17.6 Å².